The summed E-state index contributed by atoms with van der Waals surface area (Å²) in [6.07, 6.45) is 44.6. The van der Waals surface area contributed by atoms with Crippen LogP contribution in [-0.4, -0.2) is 12.1 Å². The number of fused-ring (bicyclic) bond motifs is 5. The van der Waals surface area contributed by atoms with Crippen LogP contribution < -0.4 is 10.2 Å². The first kappa shape index (κ1) is 30.7. The Kier molecular flexibility index (Phi) is 7.24. The molecular weight excluding hydrogens is 617 g/mol. The lowest BCUT2D eigenvalue weighted by atomic mass is 9.81. The van der Waals surface area contributed by atoms with Crippen molar-refractivity contribution in [2.24, 2.45) is 11.8 Å². The quantitative estimate of drug-likeness (QED) is 0.352. The van der Waals surface area contributed by atoms with Gasteiger partial charge in [0.1, 0.15) is 0 Å². The molecule has 10 rings (SSSR count). The van der Waals surface area contributed by atoms with Crippen molar-refractivity contribution in [1.29, 1.82) is 0 Å². The Morgan fingerprint density at radius 1 is 0.686 bits per heavy atom. The minimum atomic E-state index is -0.0406. The number of anilines is 1. The number of hydrogen-bond donors (Lipinski definition) is 1. The lowest BCUT2D eigenvalue weighted by Gasteiger charge is -2.39. The van der Waals surface area contributed by atoms with E-state index in [1.807, 2.05) is 0 Å². The van der Waals surface area contributed by atoms with E-state index in [-0.39, 0.29) is 11.5 Å². The van der Waals surface area contributed by atoms with Crippen molar-refractivity contribution in [3.8, 4) is 11.1 Å². The summed E-state index contributed by atoms with van der Waals surface area (Å²) in [7, 11) is 0. The molecule has 2 aromatic carbocycles. The van der Waals surface area contributed by atoms with Crippen LogP contribution in [0.15, 0.2) is 185 Å². The molecule has 8 aliphatic rings. The summed E-state index contributed by atoms with van der Waals surface area (Å²) in [6.45, 7) is 4.79. The summed E-state index contributed by atoms with van der Waals surface area (Å²) in [4.78, 5) is 2.68. The van der Waals surface area contributed by atoms with Gasteiger partial charge in [0.25, 0.3) is 0 Å². The van der Waals surface area contributed by atoms with E-state index in [2.05, 4.69) is 164 Å². The van der Waals surface area contributed by atoms with E-state index in [4.69, 9.17) is 0 Å². The van der Waals surface area contributed by atoms with E-state index >= 15 is 0 Å². The molecule has 2 aromatic rings. The van der Waals surface area contributed by atoms with Gasteiger partial charge in [-0.05, 0) is 119 Å². The molecule has 0 aromatic heterocycles. The first-order valence-corrected chi connectivity index (χ1v) is 19.2. The fraction of sp³-hybridized carbons (Fsp3) is 0.265. The first-order chi connectivity index (χ1) is 25.0. The molecule has 0 fully saturated rings. The van der Waals surface area contributed by atoms with E-state index in [0.29, 0.717) is 17.9 Å². The zero-order valence-corrected chi connectivity index (χ0v) is 29.8. The highest BCUT2D eigenvalue weighted by Crippen LogP contribution is 2.51. The average Bonchev–Trinajstić information content (AvgIpc) is 3.31. The maximum absolute atomic E-state index is 3.86. The van der Waals surface area contributed by atoms with Crippen LogP contribution in [0.5, 0.6) is 0 Å². The van der Waals surface area contributed by atoms with Gasteiger partial charge in [-0.15, -0.1) is 0 Å². The fourth-order valence-corrected chi connectivity index (χ4v) is 9.79. The predicted octanol–water partition coefficient (Wildman–Crippen LogP) is 11.3. The zero-order chi connectivity index (χ0) is 34.1. The molecule has 0 radical (unpaired) electrons. The van der Waals surface area contributed by atoms with Crippen molar-refractivity contribution in [2.45, 2.75) is 69.9 Å². The largest absolute Gasteiger partial charge is 0.378 e. The number of nitrogens with zero attached hydrogens (tertiary/aromatic N) is 1. The van der Waals surface area contributed by atoms with E-state index in [0.717, 1.165) is 38.5 Å². The highest BCUT2D eigenvalue weighted by molar-refractivity contribution is 5.83. The standard InChI is InChI=1S/C49H46N2/c1-49(2)43-14-8-7-13-41(43)42-24-23-40(31-44(42)49)51-47-26-21-34(32-10-4-3-5-11-32)29-38(47)18-19-39-30-36(22-27-48(39)51)35-20-25-46-37(28-35)17-16-33-12-6-9-15-45(33)50-46/h3-5,7-10,13-24,27-29,31-32,36,46-47,50H,6,11-12,25-26,30H2,1-2H3. The van der Waals surface area contributed by atoms with Crippen LogP contribution >= 0.6 is 0 Å². The van der Waals surface area contributed by atoms with Crippen LogP contribution in [0.25, 0.3) is 11.1 Å². The molecule has 0 bridgehead atoms. The van der Waals surface area contributed by atoms with Gasteiger partial charge in [-0.2, -0.15) is 0 Å². The highest BCUT2D eigenvalue weighted by atomic mass is 15.2. The molecule has 2 nitrogen and oxygen atoms in total. The summed E-state index contributed by atoms with van der Waals surface area (Å²) in [6, 6.07) is 16.9. The van der Waals surface area contributed by atoms with E-state index < -0.39 is 0 Å². The Morgan fingerprint density at radius 2 is 1.51 bits per heavy atom. The molecule has 51 heavy (non-hydrogen) atoms. The number of hydrogen-bond acceptors (Lipinski definition) is 2. The predicted molar refractivity (Wildman–Crippen MR) is 213 cm³/mol. The summed E-state index contributed by atoms with van der Waals surface area (Å²) >= 11 is 0. The number of allylic oxidation sites excluding steroid dienone is 16. The molecule has 1 N–H and O–H groups in total. The Labute approximate surface area is 303 Å². The molecule has 252 valence electrons. The molecule has 2 aliphatic heterocycles. The van der Waals surface area contributed by atoms with E-state index in [1.54, 1.807) is 0 Å². The zero-order valence-electron chi connectivity index (χ0n) is 29.8. The maximum atomic E-state index is 3.86. The topological polar surface area (TPSA) is 15.3 Å². The van der Waals surface area contributed by atoms with Gasteiger partial charge >= 0.3 is 0 Å². The smallest absolute Gasteiger partial charge is 0.0626 e. The van der Waals surface area contributed by atoms with Gasteiger partial charge in [0, 0.05) is 34.3 Å². The second kappa shape index (κ2) is 12.0. The Morgan fingerprint density at radius 3 is 2.43 bits per heavy atom. The summed E-state index contributed by atoms with van der Waals surface area (Å²) in [5, 5.41) is 3.86. The minimum absolute atomic E-state index is 0.0406. The van der Waals surface area contributed by atoms with Crippen LogP contribution in [0, 0.1) is 11.8 Å². The van der Waals surface area contributed by atoms with Gasteiger partial charge in [0.15, 0.2) is 0 Å². The third kappa shape index (κ3) is 5.14. The monoisotopic (exact) mass is 662 g/mol. The van der Waals surface area contributed by atoms with Crippen LogP contribution in [-0.2, 0) is 5.41 Å². The Bertz CT molecular complexity index is 2230. The molecular formula is C49H46N2. The van der Waals surface area contributed by atoms with Gasteiger partial charge in [0.05, 0.1) is 12.1 Å². The molecule has 0 saturated carbocycles. The molecule has 6 aliphatic carbocycles. The molecule has 0 amide bonds. The van der Waals surface area contributed by atoms with Crippen molar-refractivity contribution < 1.29 is 0 Å². The SMILES string of the molecule is CC1(C)c2ccccc2-c2ccc(N3C4=C(C=CC5=CC(C6C=CC=CC6)=CCC53)CC(C3=CCC5NC6=C(C=CC5=C3)CCC=C6)C=C4)cc21. The Balaban J connectivity index is 1.01. The summed E-state index contributed by atoms with van der Waals surface area (Å²) in [5.74, 6) is 0.817. The summed E-state index contributed by atoms with van der Waals surface area (Å²) < 4.78 is 0. The van der Waals surface area contributed by atoms with Crippen LogP contribution in [0.2, 0.25) is 0 Å². The molecule has 4 atom stereocenters. The van der Waals surface area contributed by atoms with Crippen molar-refractivity contribution in [1.82, 2.24) is 5.32 Å². The molecule has 4 unspecified atom stereocenters. The Hall–Kier alpha value is -5.08. The van der Waals surface area contributed by atoms with Crippen molar-refractivity contribution in [3.05, 3.63) is 196 Å². The van der Waals surface area contributed by atoms with Gasteiger partial charge < -0.3 is 10.2 Å². The lowest BCUT2D eigenvalue weighted by Crippen LogP contribution is -2.37. The third-order valence-corrected chi connectivity index (χ3v) is 12.6. The van der Waals surface area contributed by atoms with Gasteiger partial charge in [-0.1, -0.05) is 129 Å². The van der Waals surface area contributed by atoms with Gasteiger partial charge in [-0.3, -0.25) is 0 Å². The maximum Gasteiger partial charge on any atom is 0.0626 e. The second-order valence-electron chi connectivity index (χ2n) is 15.9. The van der Waals surface area contributed by atoms with E-state index in [1.165, 1.54) is 72.8 Å². The number of rotatable bonds is 3. The van der Waals surface area contributed by atoms with Crippen LogP contribution in [0.3, 0.4) is 0 Å². The highest BCUT2D eigenvalue weighted by Gasteiger charge is 2.38. The normalized spacial score (nSPS) is 27.8. The van der Waals surface area contributed by atoms with Crippen molar-refractivity contribution in [2.75, 3.05) is 4.90 Å². The first-order valence-electron chi connectivity index (χ1n) is 19.2. The lowest BCUT2D eigenvalue weighted by molar-refractivity contribution is 0.638. The average molecular weight is 663 g/mol. The van der Waals surface area contributed by atoms with Crippen LogP contribution in [0.1, 0.15) is 63.5 Å². The third-order valence-electron chi connectivity index (χ3n) is 12.6. The van der Waals surface area contributed by atoms with Crippen molar-refractivity contribution in [3.63, 3.8) is 0 Å². The van der Waals surface area contributed by atoms with Gasteiger partial charge in [0.2, 0.25) is 0 Å². The fourth-order valence-electron chi connectivity index (χ4n) is 9.79. The second-order valence-corrected chi connectivity index (χ2v) is 15.9. The number of nitrogens with one attached hydrogen (secondary N) is 1. The van der Waals surface area contributed by atoms with Crippen LogP contribution in [0.4, 0.5) is 5.69 Å². The van der Waals surface area contributed by atoms with Gasteiger partial charge in [-0.25, -0.2) is 0 Å². The minimum Gasteiger partial charge on any atom is -0.378 e. The van der Waals surface area contributed by atoms with Crippen molar-refractivity contribution >= 4 is 5.69 Å². The van der Waals surface area contributed by atoms with E-state index in [9.17, 15) is 0 Å². The summed E-state index contributed by atoms with van der Waals surface area (Å²) in [5.41, 5.74) is 18.1. The molecule has 0 saturated heterocycles. The molecule has 0 spiro atoms. The number of benzene rings is 2. The molecule has 2 heterocycles. The molecule has 2 heteroatoms.